The molecule has 3 heterocycles. The van der Waals surface area contributed by atoms with Crippen LogP contribution in [0, 0.1) is 20.8 Å². The number of rotatable bonds is 3. The summed E-state index contributed by atoms with van der Waals surface area (Å²) in [6, 6.07) is 3.32. The van der Waals surface area contributed by atoms with Crippen molar-refractivity contribution in [3.8, 4) is 5.75 Å². The lowest BCUT2D eigenvalue weighted by Gasteiger charge is -2.38. The molecule has 0 spiro atoms. The lowest BCUT2D eigenvalue weighted by Crippen LogP contribution is -2.56. The topological polar surface area (TPSA) is 64.4 Å². The van der Waals surface area contributed by atoms with Gasteiger partial charge in [0, 0.05) is 18.8 Å². The van der Waals surface area contributed by atoms with Gasteiger partial charge in [-0.2, -0.15) is 0 Å². The van der Waals surface area contributed by atoms with Crippen molar-refractivity contribution in [1.29, 1.82) is 0 Å². The van der Waals surface area contributed by atoms with Gasteiger partial charge >= 0.3 is 0 Å². The molecule has 7 heteroatoms. The summed E-state index contributed by atoms with van der Waals surface area (Å²) in [5.41, 5.74) is 1.53. The summed E-state index contributed by atoms with van der Waals surface area (Å²) in [4.78, 5) is 30.9. The Morgan fingerprint density at radius 3 is 2.57 bits per heavy atom. The van der Waals surface area contributed by atoms with Gasteiger partial charge in [-0.1, -0.05) is 0 Å². The third-order valence-electron chi connectivity index (χ3n) is 4.01. The average molecular weight is 333 g/mol. The van der Waals surface area contributed by atoms with E-state index in [0.717, 1.165) is 16.4 Å². The van der Waals surface area contributed by atoms with Gasteiger partial charge in [0.05, 0.1) is 23.8 Å². The van der Waals surface area contributed by atoms with Crippen LogP contribution in [0.2, 0.25) is 0 Å². The summed E-state index contributed by atoms with van der Waals surface area (Å²) in [7, 11) is 1.73. The highest BCUT2D eigenvalue weighted by Gasteiger charge is 2.34. The highest BCUT2D eigenvalue weighted by molar-refractivity contribution is 7.13. The van der Waals surface area contributed by atoms with Gasteiger partial charge in [0.2, 0.25) is 0 Å². The van der Waals surface area contributed by atoms with Gasteiger partial charge < -0.3 is 14.2 Å². The van der Waals surface area contributed by atoms with E-state index in [-0.39, 0.29) is 17.6 Å². The monoisotopic (exact) mass is 333 g/mol. The Kier molecular flexibility index (Phi) is 3.97. The van der Waals surface area contributed by atoms with Gasteiger partial charge in [0.15, 0.2) is 0 Å². The first-order chi connectivity index (χ1) is 10.8. The van der Waals surface area contributed by atoms with Crippen molar-refractivity contribution in [3.05, 3.63) is 43.8 Å². The molecule has 3 rings (SSSR count). The Labute approximate surface area is 138 Å². The largest absolute Gasteiger partial charge is 0.486 e. The minimum atomic E-state index is -0.0944. The zero-order valence-corrected chi connectivity index (χ0v) is 14.4. The van der Waals surface area contributed by atoms with Crippen LogP contribution in [0.3, 0.4) is 0 Å². The molecular formula is C16H19N3O3S. The van der Waals surface area contributed by atoms with E-state index < -0.39 is 0 Å². The molecule has 0 radical (unpaired) electrons. The maximum Gasteiger partial charge on any atom is 0.266 e. The van der Waals surface area contributed by atoms with Crippen LogP contribution >= 0.6 is 11.3 Å². The van der Waals surface area contributed by atoms with Crippen LogP contribution in [0.4, 0.5) is 0 Å². The standard InChI is InChI=1S/C16H19N3O3S/c1-9-5-12(6-14(20)18(9)4)22-13-7-19(8-13)16(21)15-10(2)17-11(3)23-15/h5-6,13H,7-8H2,1-4H3. The highest BCUT2D eigenvalue weighted by Crippen LogP contribution is 2.24. The second-order valence-corrected chi connectivity index (χ2v) is 7.03. The fourth-order valence-electron chi connectivity index (χ4n) is 2.55. The zero-order chi connectivity index (χ0) is 16.7. The number of ether oxygens (including phenoxy) is 1. The van der Waals surface area contributed by atoms with Gasteiger partial charge in [-0.05, 0) is 26.8 Å². The van der Waals surface area contributed by atoms with E-state index in [1.54, 1.807) is 16.5 Å². The second-order valence-electron chi connectivity index (χ2n) is 5.83. The lowest BCUT2D eigenvalue weighted by atomic mass is 10.1. The second kappa shape index (κ2) is 5.81. The molecule has 1 aliphatic heterocycles. The minimum Gasteiger partial charge on any atom is -0.486 e. The molecule has 0 saturated carbocycles. The lowest BCUT2D eigenvalue weighted by molar-refractivity contribution is 0.0179. The highest BCUT2D eigenvalue weighted by atomic mass is 32.1. The van der Waals surface area contributed by atoms with E-state index in [4.69, 9.17) is 4.74 Å². The number of aromatic nitrogens is 2. The van der Waals surface area contributed by atoms with E-state index in [9.17, 15) is 9.59 Å². The molecule has 1 saturated heterocycles. The summed E-state index contributed by atoms with van der Waals surface area (Å²) in [6.45, 7) is 6.68. The number of amides is 1. The van der Waals surface area contributed by atoms with E-state index >= 15 is 0 Å². The molecule has 1 amide bonds. The molecule has 0 bridgehead atoms. The summed E-state index contributed by atoms with van der Waals surface area (Å²) in [6.07, 6.45) is -0.0696. The molecular weight excluding hydrogens is 314 g/mol. The fraction of sp³-hybridized carbons (Fsp3) is 0.438. The SMILES string of the molecule is Cc1nc(C)c(C(=O)N2CC(Oc3cc(C)n(C)c(=O)c3)C2)s1. The van der Waals surface area contributed by atoms with Crippen LogP contribution in [-0.4, -0.2) is 39.6 Å². The smallest absolute Gasteiger partial charge is 0.266 e. The van der Waals surface area contributed by atoms with Crippen LogP contribution in [0.15, 0.2) is 16.9 Å². The predicted octanol–water partition coefficient (Wildman–Crippen LogP) is 1.67. The first kappa shape index (κ1) is 15.7. The van der Waals surface area contributed by atoms with Crippen LogP contribution in [0.25, 0.3) is 0 Å². The van der Waals surface area contributed by atoms with Crippen molar-refractivity contribution >= 4 is 17.2 Å². The first-order valence-corrected chi connectivity index (χ1v) is 8.24. The Hall–Kier alpha value is -2.15. The number of hydrogen-bond acceptors (Lipinski definition) is 5. The van der Waals surface area contributed by atoms with Crippen LogP contribution in [0.1, 0.15) is 26.1 Å². The van der Waals surface area contributed by atoms with Crippen molar-refractivity contribution in [3.63, 3.8) is 0 Å². The Bertz CT molecular complexity index is 818. The van der Waals surface area contributed by atoms with Gasteiger partial charge in [-0.15, -0.1) is 11.3 Å². The minimum absolute atomic E-state index is 0.00751. The molecule has 6 nitrogen and oxygen atoms in total. The fourth-order valence-corrected chi connectivity index (χ4v) is 3.44. The maximum atomic E-state index is 12.4. The Morgan fingerprint density at radius 2 is 2.00 bits per heavy atom. The summed E-state index contributed by atoms with van der Waals surface area (Å²) < 4.78 is 7.37. The maximum absolute atomic E-state index is 12.4. The first-order valence-electron chi connectivity index (χ1n) is 7.43. The molecule has 0 aliphatic carbocycles. The van der Waals surface area contributed by atoms with Gasteiger partial charge in [-0.3, -0.25) is 9.59 Å². The molecule has 23 heavy (non-hydrogen) atoms. The van der Waals surface area contributed by atoms with Gasteiger partial charge in [0.1, 0.15) is 16.7 Å². The summed E-state index contributed by atoms with van der Waals surface area (Å²) >= 11 is 1.42. The Balaban J connectivity index is 1.62. The molecule has 0 aromatic carbocycles. The molecule has 0 N–H and O–H groups in total. The number of aryl methyl sites for hydroxylation is 3. The number of likely N-dealkylation sites (tertiary alicyclic amines) is 1. The summed E-state index contributed by atoms with van der Waals surface area (Å²) in [5, 5.41) is 0.898. The average Bonchev–Trinajstić information content (AvgIpc) is 2.77. The van der Waals surface area contributed by atoms with Crippen LogP contribution in [0.5, 0.6) is 5.75 Å². The molecule has 1 fully saturated rings. The van der Waals surface area contributed by atoms with Crippen molar-refractivity contribution in [2.45, 2.75) is 26.9 Å². The van der Waals surface area contributed by atoms with Crippen LogP contribution in [-0.2, 0) is 7.05 Å². The normalized spacial score (nSPS) is 14.7. The molecule has 0 unspecified atom stereocenters. The van der Waals surface area contributed by atoms with Crippen molar-refractivity contribution < 1.29 is 9.53 Å². The van der Waals surface area contributed by atoms with Gasteiger partial charge in [0.25, 0.3) is 11.5 Å². The quantitative estimate of drug-likeness (QED) is 0.857. The van der Waals surface area contributed by atoms with Crippen molar-refractivity contribution in [1.82, 2.24) is 14.5 Å². The molecule has 0 atom stereocenters. The zero-order valence-electron chi connectivity index (χ0n) is 13.6. The third kappa shape index (κ3) is 3.01. The number of thiazole rings is 1. The third-order valence-corrected chi connectivity index (χ3v) is 5.07. The molecule has 1 aliphatic rings. The molecule has 2 aromatic rings. The van der Waals surface area contributed by atoms with E-state index in [0.29, 0.717) is 23.7 Å². The van der Waals surface area contributed by atoms with Crippen LogP contribution < -0.4 is 10.3 Å². The van der Waals surface area contributed by atoms with Gasteiger partial charge in [-0.25, -0.2) is 4.98 Å². The van der Waals surface area contributed by atoms with E-state index in [2.05, 4.69) is 4.98 Å². The molecule has 122 valence electrons. The van der Waals surface area contributed by atoms with Crippen molar-refractivity contribution in [2.75, 3.05) is 13.1 Å². The summed E-state index contributed by atoms with van der Waals surface area (Å²) in [5.74, 6) is 0.570. The Morgan fingerprint density at radius 1 is 1.30 bits per heavy atom. The number of pyridine rings is 1. The number of hydrogen-bond donors (Lipinski definition) is 0. The number of carbonyl (C=O) groups is 1. The molecule has 2 aromatic heterocycles. The predicted molar refractivity (Wildman–Crippen MR) is 88.3 cm³/mol. The number of carbonyl (C=O) groups excluding carboxylic acids is 1. The van der Waals surface area contributed by atoms with E-state index in [1.165, 1.54) is 17.4 Å². The van der Waals surface area contributed by atoms with E-state index in [1.807, 2.05) is 26.8 Å². The van der Waals surface area contributed by atoms with Crippen molar-refractivity contribution in [2.24, 2.45) is 7.05 Å². The number of nitrogens with zero attached hydrogens (tertiary/aromatic N) is 3.